The van der Waals surface area contributed by atoms with E-state index in [4.69, 9.17) is 0 Å². The molecule has 0 heterocycles. The van der Waals surface area contributed by atoms with Crippen LogP contribution < -0.4 is 0 Å². The van der Waals surface area contributed by atoms with Crippen LogP contribution in [0, 0.1) is 5.82 Å². The molecule has 0 N–H and O–H groups in total. The molecule has 0 spiro atoms. The first-order valence-corrected chi connectivity index (χ1v) is 9.24. The SMILES string of the molecule is CC(C)(C)c1cc(F)cc(-c2ccc3c(c2)C(C)(C)c2ccccc2-3)c1. The lowest BCUT2D eigenvalue weighted by Crippen LogP contribution is -2.15. The zero-order valence-electron chi connectivity index (χ0n) is 16.2. The molecule has 3 aromatic rings. The highest BCUT2D eigenvalue weighted by atomic mass is 19.1. The quantitative estimate of drug-likeness (QED) is 0.442. The predicted octanol–water partition coefficient (Wildman–Crippen LogP) is 7.10. The van der Waals surface area contributed by atoms with Crippen LogP contribution in [0.15, 0.2) is 60.7 Å². The van der Waals surface area contributed by atoms with E-state index in [1.54, 1.807) is 12.1 Å². The Morgan fingerprint density at radius 2 is 1.42 bits per heavy atom. The van der Waals surface area contributed by atoms with Crippen LogP contribution in [0.4, 0.5) is 4.39 Å². The van der Waals surface area contributed by atoms with Gasteiger partial charge in [0, 0.05) is 5.41 Å². The molecule has 26 heavy (non-hydrogen) atoms. The second kappa shape index (κ2) is 5.54. The molecule has 0 fully saturated rings. The standard InChI is InChI=1S/C25H25F/c1-24(2,3)18-12-17(13-19(26)15-18)16-10-11-21-20-8-6-7-9-22(20)25(4,5)23(21)14-16/h6-15H,1-5H3. The van der Waals surface area contributed by atoms with E-state index in [1.807, 2.05) is 0 Å². The number of hydrogen-bond donors (Lipinski definition) is 0. The molecule has 3 aromatic carbocycles. The minimum absolute atomic E-state index is 0.0396. The summed E-state index contributed by atoms with van der Waals surface area (Å²) in [5, 5.41) is 0. The maximum atomic E-state index is 14.3. The molecule has 0 atom stereocenters. The number of benzene rings is 3. The largest absolute Gasteiger partial charge is 0.207 e. The molecule has 4 rings (SSSR count). The summed E-state index contributed by atoms with van der Waals surface area (Å²) in [6.07, 6.45) is 0. The summed E-state index contributed by atoms with van der Waals surface area (Å²) in [5.41, 5.74) is 8.22. The smallest absolute Gasteiger partial charge is 0.124 e. The first kappa shape index (κ1) is 17.0. The molecule has 0 aliphatic heterocycles. The van der Waals surface area contributed by atoms with E-state index in [9.17, 15) is 4.39 Å². The maximum absolute atomic E-state index is 14.3. The van der Waals surface area contributed by atoms with Crippen molar-refractivity contribution in [2.75, 3.05) is 0 Å². The van der Waals surface area contributed by atoms with E-state index >= 15 is 0 Å². The topological polar surface area (TPSA) is 0 Å². The Hall–Kier alpha value is -2.41. The molecular weight excluding hydrogens is 319 g/mol. The van der Waals surface area contributed by atoms with Crippen LogP contribution in [0.3, 0.4) is 0 Å². The van der Waals surface area contributed by atoms with Crippen LogP contribution in [0.25, 0.3) is 22.3 Å². The van der Waals surface area contributed by atoms with Crippen LogP contribution in [0.2, 0.25) is 0 Å². The summed E-state index contributed by atoms with van der Waals surface area (Å²) in [4.78, 5) is 0. The number of halogens is 1. The summed E-state index contributed by atoms with van der Waals surface area (Å²) < 4.78 is 14.3. The first-order chi connectivity index (χ1) is 12.2. The molecule has 0 nitrogen and oxygen atoms in total. The monoisotopic (exact) mass is 344 g/mol. The third kappa shape index (κ3) is 2.58. The molecule has 0 bridgehead atoms. The molecule has 132 valence electrons. The first-order valence-electron chi connectivity index (χ1n) is 9.24. The van der Waals surface area contributed by atoms with Crippen LogP contribution in [0.1, 0.15) is 51.3 Å². The molecule has 0 saturated carbocycles. The second-order valence-electron chi connectivity index (χ2n) is 8.91. The third-order valence-electron chi connectivity index (χ3n) is 5.68. The minimum Gasteiger partial charge on any atom is -0.207 e. The Kier molecular flexibility index (Phi) is 3.63. The Balaban J connectivity index is 1.88. The van der Waals surface area contributed by atoms with Crippen molar-refractivity contribution < 1.29 is 4.39 Å². The minimum atomic E-state index is -0.171. The lowest BCUT2D eigenvalue weighted by Gasteiger charge is -2.23. The molecule has 1 heteroatoms. The molecule has 0 aromatic heterocycles. The van der Waals surface area contributed by atoms with Gasteiger partial charge in [-0.15, -0.1) is 0 Å². The molecule has 0 radical (unpaired) electrons. The van der Waals surface area contributed by atoms with Gasteiger partial charge in [0.25, 0.3) is 0 Å². The number of fused-ring (bicyclic) bond motifs is 3. The Labute approximate surface area is 155 Å². The lowest BCUT2D eigenvalue weighted by molar-refractivity contribution is 0.573. The van der Waals surface area contributed by atoms with E-state index in [-0.39, 0.29) is 16.6 Å². The normalized spacial score (nSPS) is 14.8. The maximum Gasteiger partial charge on any atom is 0.124 e. The van der Waals surface area contributed by atoms with Gasteiger partial charge in [0.05, 0.1) is 0 Å². The van der Waals surface area contributed by atoms with Crippen molar-refractivity contribution in [2.45, 2.75) is 45.4 Å². The summed E-state index contributed by atoms with van der Waals surface area (Å²) in [5.74, 6) is -0.171. The van der Waals surface area contributed by atoms with E-state index in [2.05, 4.69) is 83.1 Å². The van der Waals surface area contributed by atoms with Crippen LogP contribution in [-0.4, -0.2) is 0 Å². The summed E-state index contributed by atoms with van der Waals surface area (Å²) >= 11 is 0. The van der Waals surface area contributed by atoms with Crippen LogP contribution in [0.5, 0.6) is 0 Å². The summed E-state index contributed by atoms with van der Waals surface area (Å²) in [6.45, 7) is 10.9. The van der Waals surface area contributed by atoms with Gasteiger partial charge in [-0.1, -0.05) is 77.1 Å². The Morgan fingerprint density at radius 1 is 0.731 bits per heavy atom. The second-order valence-corrected chi connectivity index (χ2v) is 8.91. The van der Waals surface area contributed by atoms with Gasteiger partial charge in [0.15, 0.2) is 0 Å². The molecule has 0 unspecified atom stereocenters. The van der Waals surface area contributed by atoms with E-state index < -0.39 is 0 Å². The van der Waals surface area contributed by atoms with Crippen molar-refractivity contribution in [1.29, 1.82) is 0 Å². The fourth-order valence-corrected chi connectivity index (χ4v) is 4.07. The summed E-state index contributed by atoms with van der Waals surface area (Å²) in [6, 6.07) is 20.6. The van der Waals surface area contributed by atoms with Crippen LogP contribution >= 0.6 is 0 Å². The number of hydrogen-bond acceptors (Lipinski definition) is 0. The van der Waals surface area contributed by atoms with Gasteiger partial charge in [-0.25, -0.2) is 4.39 Å². The highest BCUT2D eigenvalue weighted by Gasteiger charge is 2.35. The van der Waals surface area contributed by atoms with Gasteiger partial charge in [-0.05, 0) is 62.6 Å². The molecule has 0 amide bonds. The zero-order chi connectivity index (χ0) is 18.7. The van der Waals surface area contributed by atoms with Crippen molar-refractivity contribution >= 4 is 0 Å². The van der Waals surface area contributed by atoms with Gasteiger partial charge >= 0.3 is 0 Å². The fraction of sp³-hybridized carbons (Fsp3) is 0.280. The fourth-order valence-electron chi connectivity index (χ4n) is 4.07. The van der Waals surface area contributed by atoms with Gasteiger partial charge in [-0.2, -0.15) is 0 Å². The van der Waals surface area contributed by atoms with Crippen molar-refractivity contribution in [2.24, 2.45) is 0 Å². The summed E-state index contributed by atoms with van der Waals surface area (Å²) in [7, 11) is 0. The van der Waals surface area contributed by atoms with Gasteiger partial charge in [-0.3, -0.25) is 0 Å². The Bertz CT molecular complexity index is 1000. The molecule has 1 aliphatic rings. The highest BCUT2D eigenvalue weighted by Crippen LogP contribution is 2.49. The molecular formula is C25H25F. The highest BCUT2D eigenvalue weighted by molar-refractivity contribution is 5.83. The number of rotatable bonds is 1. The van der Waals surface area contributed by atoms with Crippen LogP contribution in [-0.2, 0) is 10.8 Å². The average molecular weight is 344 g/mol. The third-order valence-corrected chi connectivity index (χ3v) is 5.68. The molecule has 0 saturated heterocycles. The van der Waals surface area contributed by atoms with Crippen molar-refractivity contribution in [3.63, 3.8) is 0 Å². The van der Waals surface area contributed by atoms with Crippen molar-refractivity contribution in [3.05, 3.63) is 83.2 Å². The van der Waals surface area contributed by atoms with Gasteiger partial charge < -0.3 is 0 Å². The van der Waals surface area contributed by atoms with Gasteiger partial charge in [0.2, 0.25) is 0 Å². The van der Waals surface area contributed by atoms with Crippen molar-refractivity contribution in [1.82, 2.24) is 0 Å². The van der Waals surface area contributed by atoms with E-state index in [1.165, 1.54) is 22.3 Å². The average Bonchev–Trinajstić information content (AvgIpc) is 2.82. The van der Waals surface area contributed by atoms with E-state index in [0.29, 0.717) is 0 Å². The van der Waals surface area contributed by atoms with Crippen molar-refractivity contribution in [3.8, 4) is 22.3 Å². The Morgan fingerprint density at radius 3 is 2.15 bits per heavy atom. The zero-order valence-corrected chi connectivity index (χ0v) is 16.2. The molecule has 1 aliphatic carbocycles. The predicted molar refractivity (Wildman–Crippen MR) is 108 cm³/mol. The van der Waals surface area contributed by atoms with E-state index in [0.717, 1.165) is 16.7 Å². The van der Waals surface area contributed by atoms with Gasteiger partial charge in [0.1, 0.15) is 5.82 Å². The lowest BCUT2D eigenvalue weighted by atomic mass is 9.81.